The number of amides is 1. The second-order valence-electron chi connectivity index (χ2n) is 6.18. The monoisotopic (exact) mass is 417 g/mol. The van der Waals surface area contributed by atoms with Crippen LogP contribution < -0.4 is 10.1 Å². The van der Waals surface area contributed by atoms with Crippen LogP contribution in [-0.4, -0.2) is 28.5 Å². The molecule has 0 aliphatic carbocycles. The van der Waals surface area contributed by atoms with Crippen LogP contribution in [0.15, 0.2) is 27.0 Å². The molecule has 0 fully saturated rings. The van der Waals surface area contributed by atoms with Crippen LogP contribution in [0.5, 0.6) is 5.75 Å². The van der Waals surface area contributed by atoms with Crippen molar-refractivity contribution in [2.24, 2.45) is 0 Å². The van der Waals surface area contributed by atoms with Crippen molar-refractivity contribution >= 4 is 50.7 Å². The van der Waals surface area contributed by atoms with Crippen molar-refractivity contribution in [1.29, 1.82) is 0 Å². The van der Waals surface area contributed by atoms with Crippen LogP contribution in [0.3, 0.4) is 0 Å². The number of benzene rings is 1. The molecule has 0 saturated carbocycles. The first-order valence-corrected chi connectivity index (χ1v) is 10.9. The predicted octanol–water partition coefficient (Wildman–Crippen LogP) is 5.45. The molecule has 1 aromatic carbocycles. The van der Waals surface area contributed by atoms with Crippen molar-refractivity contribution in [3.8, 4) is 5.75 Å². The van der Waals surface area contributed by atoms with E-state index in [1.807, 2.05) is 46.8 Å². The number of aryl methyl sites for hydroxylation is 2. The van der Waals surface area contributed by atoms with Crippen LogP contribution in [0.4, 0.5) is 5.13 Å². The Morgan fingerprint density at radius 2 is 2.11 bits per heavy atom. The van der Waals surface area contributed by atoms with E-state index < -0.39 is 0 Å². The van der Waals surface area contributed by atoms with Crippen LogP contribution in [-0.2, 0) is 4.79 Å². The maximum absolute atomic E-state index is 12.5. The summed E-state index contributed by atoms with van der Waals surface area (Å²) in [5.41, 5.74) is 3.54. The predicted molar refractivity (Wildman–Crippen MR) is 115 cm³/mol. The number of nitrogens with zero attached hydrogens (tertiary/aromatic N) is 2. The van der Waals surface area contributed by atoms with Gasteiger partial charge in [0.05, 0.1) is 6.61 Å². The molecule has 3 rings (SSSR count). The number of hydrogen-bond acceptors (Lipinski definition) is 7. The number of thioether (sulfide) groups is 1. The van der Waals surface area contributed by atoms with E-state index in [1.54, 1.807) is 17.8 Å². The SMILES string of the molecule is CCOc1cc2oc(C)c(C)c2cc1/C(C)=C/C(=O)Nc1nnc(SCC)s1. The van der Waals surface area contributed by atoms with Crippen LogP contribution in [0.2, 0.25) is 0 Å². The van der Waals surface area contributed by atoms with E-state index in [4.69, 9.17) is 9.15 Å². The van der Waals surface area contributed by atoms with Gasteiger partial charge in [-0.2, -0.15) is 0 Å². The third kappa shape index (κ3) is 4.39. The molecule has 148 valence electrons. The molecular formula is C20H23N3O3S2. The van der Waals surface area contributed by atoms with Crippen molar-refractivity contribution in [2.75, 3.05) is 17.7 Å². The summed E-state index contributed by atoms with van der Waals surface area (Å²) in [6.45, 7) is 10.4. The van der Waals surface area contributed by atoms with Gasteiger partial charge < -0.3 is 9.15 Å². The zero-order chi connectivity index (χ0) is 20.3. The molecule has 0 aliphatic rings. The largest absolute Gasteiger partial charge is 0.493 e. The number of hydrogen-bond donors (Lipinski definition) is 1. The number of ether oxygens (including phenoxy) is 1. The van der Waals surface area contributed by atoms with Gasteiger partial charge in [-0.1, -0.05) is 30.0 Å². The summed E-state index contributed by atoms with van der Waals surface area (Å²) in [4.78, 5) is 12.5. The second-order valence-corrected chi connectivity index (χ2v) is 8.67. The number of carbonyl (C=O) groups is 1. The number of furan rings is 1. The number of nitrogens with one attached hydrogen (secondary N) is 1. The Kier molecular flexibility index (Phi) is 6.41. The lowest BCUT2D eigenvalue weighted by Crippen LogP contribution is -2.08. The Balaban J connectivity index is 1.89. The molecule has 1 N–H and O–H groups in total. The smallest absolute Gasteiger partial charge is 0.250 e. The van der Waals surface area contributed by atoms with E-state index in [-0.39, 0.29) is 5.91 Å². The van der Waals surface area contributed by atoms with Gasteiger partial charge in [0.25, 0.3) is 0 Å². The highest BCUT2D eigenvalue weighted by atomic mass is 32.2. The molecular weight excluding hydrogens is 394 g/mol. The molecule has 3 aromatic rings. The maximum Gasteiger partial charge on any atom is 0.250 e. The van der Waals surface area contributed by atoms with Crippen LogP contribution in [0.1, 0.15) is 37.7 Å². The fourth-order valence-electron chi connectivity index (χ4n) is 2.81. The van der Waals surface area contributed by atoms with Gasteiger partial charge in [0.2, 0.25) is 11.0 Å². The molecule has 1 amide bonds. The molecule has 0 bridgehead atoms. The molecule has 2 aromatic heterocycles. The van der Waals surface area contributed by atoms with Gasteiger partial charge in [0.1, 0.15) is 17.1 Å². The lowest BCUT2D eigenvalue weighted by Gasteiger charge is -2.11. The lowest BCUT2D eigenvalue weighted by atomic mass is 10.0. The number of allylic oxidation sites excluding steroid dienone is 1. The molecule has 0 spiro atoms. The van der Waals surface area contributed by atoms with Gasteiger partial charge in [-0.05, 0) is 50.7 Å². The maximum atomic E-state index is 12.5. The van der Waals surface area contributed by atoms with Crippen molar-refractivity contribution < 1.29 is 13.9 Å². The Morgan fingerprint density at radius 1 is 1.32 bits per heavy atom. The van der Waals surface area contributed by atoms with Crippen LogP contribution >= 0.6 is 23.1 Å². The van der Waals surface area contributed by atoms with Crippen molar-refractivity contribution in [1.82, 2.24) is 10.2 Å². The highest BCUT2D eigenvalue weighted by Gasteiger charge is 2.15. The highest BCUT2D eigenvalue weighted by molar-refractivity contribution is 8.01. The summed E-state index contributed by atoms with van der Waals surface area (Å²) in [7, 11) is 0. The minimum atomic E-state index is -0.246. The van der Waals surface area contributed by atoms with E-state index in [2.05, 4.69) is 15.5 Å². The standard InChI is InChI=1S/C20H23N3O3S2/c1-6-25-16-10-17-15(12(4)13(5)26-17)9-14(16)11(3)8-18(24)21-19-22-23-20(28-19)27-7-2/h8-10H,6-7H2,1-5H3,(H,21,22,24)/b11-8+. The van der Waals surface area contributed by atoms with E-state index in [0.717, 1.165) is 43.5 Å². The number of rotatable bonds is 7. The number of fused-ring (bicyclic) bond motifs is 1. The van der Waals surface area contributed by atoms with Gasteiger partial charge in [-0.3, -0.25) is 10.1 Å². The van der Waals surface area contributed by atoms with E-state index in [1.165, 1.54) is 11.3 Å². The Morgan fingerprint density at radius 3 is 2.82 bits per heavy atom. The summed E-state index contributed by atoms with van der Waals surface area (Å²) in [6.07, 6.45) is 1.56. The second kappa shape index (κ2) is 8.79. The molecule has 0 aliphatic heterocycles. The Bertz CT molecular complexity index is 1040. The first-order valence-electron chi connectivity index (χ1n) is 9.05. The first-order chi connectivity index (χ1) is 13.4. The summed E-state index contributed by atoms with van der Waals surface area (Å²) in [6, 6.07) is 3.91. The molecule has 28 heavy (non-hydrogen) atoms. The number of anilines is 1. The van der Waals surface area contributed by atoms with Crippen molar-refractivity contribution in [2.45, 2.75) is 39.0 Å². The Hall–Kier alpha value is -2.32. The molecule has 0 saturated heterocycles. The fraction of sp³-hybridized carbons (Fsp3) is 0.350. The fourth-order valence-corrected chi connectivity index (χ4v) is 4.46. The molecule has 6 nitrogen and oxygen atoms in total. The number of aromatic nitrogens is 2. The van der Waals surface area contributed by atoms with Gasteiger partial charge in [-0.25, -0.2) is 0 Å². The first kappa shape index (κ1) is 20.4. The van der Waals surface area contributed by atoms with Gasteiger partial charge >= 0.3 is 0 Å². The quantitative estimate of drug-likeness (QED) is 0.313. The van der Waals surface area contributed by atoms with E-state index in [0.29, 0.717) is 17.5 Å². The van der Waals surface area contributed by atoms with Crippen LogP contribution in [0, 0.1) is 13.8 Å². The van der Waals surface area contributed by atoms with Crippen molar-refractivity contribution in [3.05, 3.63) is 35.1 Å². The van der Waals surface area contributed by atoms with Gasteiger partial charge in [0, 0.05) is 23.1 Å². The normalized spacial score (nSPS) is 11.8. The molecule has 0 atom stereocenters. The molecule has 8 heteroatoms. The topological polar surface area (TPSA) is 77.2 Å². The summed E-state index contributed by atoms with van der Waals surface area (Å²) in [5, 5.41) is 12.4. The minimum absolute atomic E-state index is 0.246. The van der Waals surface area contributed by atoms with E-state index >= 15 is 0 Å². The third-order valence-corrected chi connectivity index (χ3v) is 6.11. The van der Waals surface area contributed by atoms with Crippen LogP contribution in [0.25, 0.3) is 16.5 Å². The molecule has 0 radical (unpaired) electrons. The highest BCUT2D eigenvalue weighted by Crippen LogP contribution is 2.35. The summed E-state index contributed by atoms with van der Waals surface area (Å²) in [5.74, 6) is 2.25. The molecule has 2 heterocycles. The average molecular weight is 418 g/mol. The van der Waals surface area contributed by atoms with E-state index in [9.17, 15) is 4.79 Å². The molecule has 0 unspecified atom stereocenters. The average Bonchev–Trinajstić information content (AvgIpc) is 3.19. The number of carbonyl (C=O) groups excluding carboxylic acids is 1. The lowest BCUT2D eigenvalue weighted by molar-refractivity contribution is -0.111. The summed E-state index contributed by atoms with van der Waals surface area (Å²) < 4.78 is 12.4. The zero-order valence-corrected chi connectivity index (χ0v) is 18.2. The van der Waals surface area contributed by atoms with Gasteiger partial charge in [-0.15, -0.1) is 10.2 Å². The summed E-state index contributed by atoms with van der Waals surface area (Å²) >= 11 is 2.97. The zero-order valence-electron chi connectivity index (χ0n) is 16.6. The van der Waals surface area contributed by atoms with Crippen molar-refractivity contribution in [3.63, 3.8) is 0 Å². The minimum Gasteiger partial charge on any atom is -0.493 e. The third-order valence-electron chi connectivity index (χ3n) is 4.25. The Labute approximate surface area is 172 Å². The van der Waals surface area contributed by atoms with Gasteiger partial charge in [0.15, 0.2) is 4.34 Å².